The number of halogens is 4. The smallest absolute Gasteiger partial charge is 0.417 e. The van der Waals surface area contributed by atoms with Crippen molar-refractivity contribution in [2.24, 2.45) is 7.05 Å². The molecule has 6 nitrogen and oxygen atoms in total. The minimum Gasteiger partial charge on any atom is -0.457 e. The van der Waals surface area contributed by atoms with Gasteiger partial charge in [0.1, 0.15) is 23.7 Å². The molecular weight excluding hydrogens is 481 g/mol. The Kier molecular flexibility index (Phi) is 7.16. The van der Waals surface area contributed by atoms with Crippen molar-refractivity contribution >= 4 is 11.6 Å². The van der Waals surface area contributed by atoms with Crippen LogP contribution in [0, 0.1) is 0 Å². The quantitative estimate of drug-likeness (QED) is 0.339. The average molecular weight is 501 g/mol. The van der Waals surface area contributed by atoms with Gasteiger partial charge in [-0.15, -0.1) is 0 Å². The number of hydrogen-bond donors (Lipinski definition) is 0. The van der Waals surface area contributed by atoms with Crippen LogP contribution in [0.15, 0.2) is 72.2 Å². The summed E-state index contributed by atoms with van der Waals surface area (Å²) in [5, 5.41) is -0.384. The Morgan fingerprint density at radius 3 is 2.34 bits per heavy atom. The van der Waals surface area contributed by atoms with Crippen molar-refractivity contribution in [2.75, 3.05) is 0 Å². The molecule has 0 fully saturated rings. The SMILES string of the molecule is Cn1cc(Cc2cncnc2)c(=O)nc1CCc1ccc(Oc2ccc(Cl)c(C(F)(F)F)c2)cc1. The zero-order valence-electron chi connectivity index (χ0n) is 18.6. The van der Waals surface area contributed by atoms with Crippen LogP contribution >= 0.6 is 11.6 Å². The number of rotatable bonds is 7. The largest absolute Gasteiger partial charge is 0.457 e. The Labute approximate surface area is 204 Å². The van der Waals surface area contributed by atoms with Gasteiger partial charge in [0.05, 0.1) is 10.6 Å². The Bertz CT molecular complexity index is 1370. The monoisotopic (exact) mass is 500 g/mol. The van der Waals surface area contributed by atoms with Crippen molar-refractivity contribution in [1.29, 1.82) is 0 Å². The first kappa shape index (κ1) is 24.4. The predicted octanol–water partition coefficient (Wildman–Crippen LogP) is 5.41. The minimum absolute atomic E-state index is 0.0378. The normalized spacial score (nSPS) is 11.5. The van der Waals surface area contributed by atoms with E-state index in [1.807, 2.05) is 23.7 Å². The van der Waals surface area contributed by atoms with Crippen molar-refractivity contribution in [1.82, 2.24) is 19.5 Å². The molecule has 4 rings (SSSR count). The fourth-order valence-electron chi connectivity index (χ4n) is 3.53. The topological polar surface area (TPSA) is 69.9 Å². The number of aryl methyl sites for hydroxylation is 3. The highest BCUT2D eigenvalue weighted by Crippen LogP contribution is 2.37. The molecule has 2 aromatic heterocycles. The number of benzene rings is 2. The van der Waals surface area contributed by atoms with Gasteiger partial charge in [-0.25, -0.2) is 9.97 Å². The lowest BCUT2D eigenvalue weighted by atomic mass is 10.1. The zero-order chi connectivity index (χ0) is 25.0. The molecule has 0 radical (unpaired) electrons. The maximum Gasteiger partial charge on any atom is 0.417 e. The van der Waals surface area contributed by atoms with Crippen LogP contribution in [0.5, 0.6) is 11.5 Å². The number of ether oxygens (including phenoxy) is 1. The van der Waals surface area contributed by atoms with Crippen LogP contribution in [0.4, 0.5) is 13.2 Å². The van der Waals surface area contributed by atoms with Crippen LogP contribution < -0.4 is 10.3 Å². The summed E-state index contributed by atoms with van der Waals surface area (Å²) in [6.45, 7) is 0. The Balaban J connectivity index is 1.40. The molecule has 0 saturated carbocycles. The van der Waals surface area contributed by atoms with E-state index in [0.29, 0.717) is 36.4 Å². The predicted molar refractivity (Wildman–Crippen MR) is 125 cm³/mol. The molecule has 0 N–H and O–H groups in total. The summed E-state index contributed by atoms with van der Waals surface area (Å²) in [5.74, 6) is 1.07. The maximum absolute atomic E-state index is 13.0. The van der Waals surface area contributed by atoms with Crippen molar-refractivity contribution in [3.05, 3.63) is 111 Å². The standard InChI is InChI=1S/C25H20ClF3N4O2/c1-33-14-18(10-17-12-30-15-31-13-17)24(34)32-23(33)9-4-16-2-5-19(6-3-16)35-20-7-8-22(26)21(11-20)25(27,28)29/h2-3,5-8,11-15H,4,9-10H2,1H3. The van der Waals surface area contributed by atoms with Crippen molar-refractivity contribution in [3.63, 3.8) is 0 Å². The van der Waals surface area contributed by atoms with E-state index >= 15 is 0 Å². The van der Waals surface area contributed by atoms with E-state index in [9.17, 15) is 18.0 Å². The van der Waals surface area contributed by atoms with Crippen molar-refractivity contribution < 1.29 is 17.9 Å². The van der Waals surface area contributed by atoms with E-state index in [1.54, 1.807) is 30.7 Å². The van der Waals surface area contributed by atoms with Gasteiger partial charge in [-0.05, 0) is 47.9 Å². The van der Waals surface area contributed by atoms with E-state index in [-0.39, 0.29) is 16.3 Å². The molecule has 4 aromatic rings. The van der Waals surface area contributed by atoms with Gasteiger partial charge in [0.25, 0.3) is 5.56 Å². The summed E-state index contributed by atoms with van der Waals surface area (Å²) in [6.07, 6.45) is 3.52. The number of nitrogens with zero attached hydrogens (tertiary/aromatic N) is 4. The highest BCUT2D eigenvalue weighted by molar-refractivity contribution is 6.31. The first-order valence-corrected chi connectivity index (χ1v) is 11.0. The molecule has 0 aliphatic heterocycles. The fourth-order valence-corrected chi connectivity index (χ4v) is 3.75. The van der Waals surface area contributed by atoms with Gasteiger partial charge in [0, 0.05) is 44.0 Å². The first-order valence-electron chi connectivity index (χ1n) is 10.6. The summed E-state index contributed by atoms with van der Waals surface area (Å²) in [6, 6.07) is 10.4. The highest BCUT2D eigenvalue weighted by atomic mass is 35.5. The second-order valence-corrected chi connectivity index (χ2v) is 8.31. The van der Waals surface area contributed by atoms with Gasteiger partial charge in [-0.2, -0.15) is 18.2 Å². The second-order valence-electron chi connectivity index (χ2n) is 7.91. The zero-order valence-corrected chi connectivity index (χ0v) is 19.3. The molecule has 0 atom stereocenters. The van der Waals surface area contributed by atoms with E-state index in [0.717, 1.165) is 23.3 Å². The van der Waals surface area contributed by atoms with Crippen molar-refractivity contribution in [2.45, 2.75) is 25.4 Å². The molecule has 0 amide bonds. The summed E-state index contributed by atoms with van der Waals surface area (Å²) < 4.78 is 46.5. The van der Waals surface area contributed by atoms with Crippen LogP contribution in [-0.2, 0) is 32.5 Å². The lowest BCUT2D eigenvalue weighted by Gasteiger charge is -2.12. The number of hydrogen-bond acceptors (Lipinski definition) is 5. The van der Waals surface area contributed by atoms with Gasteiger partial charge in [0.15, 0.2) is 0 Å². The van der Waals surface area contributed by atoms with E-state index in [1.165, 1.54) is 12.4 Å². The summed E-state index contributed by atoms with van der Waals surface area (Å²) in [5.41, 5.74) is 1.11. The molecule has 0 aliphatic carbocycles. The molecule has 0 spiro atoms. The third kappa shape index (κ3) is 6.24. The molecule has 0 bridgehead atoms. The van der Waals surface area contributed by atoms with E-state index in [2.05, 4.69) is 15.0 Å². The number of aromatic nitrogens is 4. The number of alkyl halides is 3. The molecule has 0 saturated heterocycles. The lowest BCUT2D eigenvalue weighted by Crippen LogP contribution is -2.21. The Hall–Kier alpha value is -3.72. The molecule has 10 heteroatoms. The maximum atomic E-state index is 13.0. The molecule has 0 unspecified atom stereocenters. The van der Waals surface area contributed by atoms with Crippen molar-refractivity contribution in [3.8, 4) is 11.5 Å². The summed E-state index contributed by atoms with van der Waals surface area (Å²) >= 11 is 5.65. The Morgan fingerprint density at radius 1 is 0.971 bits per heavy atom. The third-order valence-electron chi connectivity index (χ3n) is 5.31. The molecule has 180 valence electrons. The van der Waals surface area contributed by atoms with Gasteiger partial charge < -0.3 is 9.30 Å². The molecular formula is C25H20ClF3N4O2. The molecule has 2 aromatic carbocycles. The van der Waals surface area contributed by atoms with Crippen LogP contribution in [0.1, 0.15) is 28.1 Å². The second kappa shape index (κ2) is 10.3. The average Bonchev–Trinajstić information content (AvgIpc) is 2.82. The van der Waals surface area contributed by atoms with Gasteiger partial charge in [-0.1, -0.05) is 23.7 Å². The summed E-state index contributed by atoms with van der Waals surface area (Å²) in [4.78, 5) is 24.6. The Morgan fingerprint density at radius 2 is 1.66 bits per heavy atom. The van der Waals surface area contributed by atoms with Crippen LogP contribution in [0.2, 0.25) is 5.02 Å². The molecule has 35 heavy (non-hydrogen) atoms. The van der Waals surface area contributed by atoms with Crippen LogP contribution in [0.3, 0.4) is 0 Å². The van der Waals surface area contributed by atoms with Gasteiger partial charge in [0.2, 0.25) is 0 Å². The van der Waals surface area contributed by atoms with E-state index in [4.69, 9.17) is 16.3 Å². The minimum atomic E-state index is -4.57. The van der Waals surface area contributed by atoms with Gasteiger partial charge in [-0.3, -0.25) is 4.79 Å². The lowest BCUT2D eigenvalue weighted by molar-refractivity contribution is -0.137. The molecule has 2 heterocycles. The van der Waals surface area contributed by atoms with E-state index < -0.39 is 11.7 Å². The third-order valence-corrected chi connectivity index (χ3v) is 5.64. The van der Waals surface area contributed by atoms with Gasteiger partial charge >= 0.3 is 6.18 Å². The van der Waals surface area contributed by atoms with Crippen LogP contribution in [-0.4, -0.2) is 19.5 Å². The fraction of sp³-hybridized carbons (Fsp3) is 0.200. The molecule has 0 aliphatic rings. The highest BCUT2D eigenvalue weighted by Gasteiger charge is 2.33. The van der Waals surface area contributed by atoms with Crippen LogP contribution in [0.25, 0.3) is 0 Å². The first-order chi connectivity index (χ1) is 16.7. The summed E-state index contributed by atoms with van der Waals surface area (Å²) in [7, 11) is 1.84.